The van der Waals surface area contributed by atoms with Crippen LogP contribution in [0.15, 0.2) is 41.0 Å². The van der Waals surface area contributed by atoms with E-state index in [4.69, 9.17) is 4.42 Å². The van der Waals surface area contributed by atoms with Crippen molar-refractivity contribution in [1.29, 1.82) is 0 Å². The van der Waals surface area contributed by atoms with E-state index in [2.05, 4.69) is 10.1 Å². The van der Waals surface area contributed by atoms with E-state index in [9.17, 15) is 14.4 Å². The summed E-state index contributed by atoms with van der Waals surface area (Å²) in [5.41, 5.74) is 1.74. The first-order valence-corrected chi connectivity index (χ1v) is 8.12. The zero-order valence-electron chi connectivity index (χ0n) is 15.2. The molecule has 7 heteroatoms. The molecule has 0 spiro atoms. The number of benzene rings is 1. The molecule has 2 amide bonds. The van der Waals surface area contributed by atoms with Gasteiger partial charge in [-0.05, 0) is 36.8 Å². The van der Waals surface area contributed by atoms with E-state index in [1.807, 2.05) is 6.92 Å². The highest BCUT2D eigenvalue weighted by Crippen LogP contribution is 2.19. The molecule has 0 aliphatic rings. The quantitative estimate of drug-likeness (QED) is 0.802. The Morgan fingerprint density at radius 2 is 2.00 bits per heavy atom. The molecule has 0 bridgehead atoms. The van der Waals surface area contributed by atoms with Crippen molar-refractivity contribution in [2.45, 2.75) is 13.8 Å². The second-order valence-electron chi connectivity index (χ2n) is 6.07. The number of hydrogen-bond donors (Lipinski definition) is 1. The van der Waals surface area contributed by atoms with E-state index in [0.29, 0.717) is 11.3 Å². The third kappa shape index (κ3) is 4.50. The highest BCUT2D eigenvalue weighted by Gasteiger charge is 2.20. The topological polar surface area (TPSA) is 88.9 Å². The van der Waals surface area contributed by atoms with Gasteiger partial charge in [-0.15, -0.1) is 0 Å². The molecule has 0 aliphatic carbocycles. The number of rotatable bonds is 6. The fraction of sp³-hybridized carbons (Fsp3) is 0.316. The van der Waals surface area contributed by atoms with Gasteiger partial charge in [0.25, 0.3) is 11.8 Å². The Hall–Kier alpha value is -3.09. The molecule has 138 valence electrons. The number of hydrogen-bond acceptors (Lipinski definition) is 5. The molecule has 0 radical (unpaired) electrons. The van der Waals surface area contributed by atoms with Crippen LogP contribution in [0, 0.1) is 12.8 Å². The van der Waals surface area contributed by atoms with Crippen LogP contribution in [0.5, 0.6) is 0 Å². The Labute approximate surface area is 151 Å². The van der Waals surface area contributed by atoms with Gasteiger partial charge in [0.15, 0.2) is 5.76 Å². The van der Waals surface area contributed by atoms with Crippen molar-refractivity contribution in [3.8, 4) is 0 Å². The van der Waals surface area contributed by atoms with Crippen LogP contribution < -0.4 is 5.32 Å². The molecule has 1 unspecified atom stereocenters. The number of nitrogens with one attached hydrogen (secondary N) is 1. The summed E-state index contributed by atoms with van der Waals surface area (Å²) in [7, 11) is 2.93. The monoisotopic (exact) mass is 358 g/mol. The summed E-state index contributed by atoms with van der Waals surface area (Å²) >= 11 is 0. The Morgan fingerprint density at radius 3 is 2.62 bits per heavy atom. The van der Waals surface area contributed by atoms with Crippen LogP contribution >= 0.6 is 0 Å². The number of carbonyl (C=O) groups is 3. The van der Waals surface area contributed by atoms with E-state index in [0.717, 1.165) is 5.56 Å². The Kier molecular flexibility index (Phi) is 6.16. The molecule has 0 fully saturated rings. The maximum absolute atomic E-state index is 12.6. The summed E-state index contributed by atoms with van der Waals surface area (Å²) in [6, 6.07) is 8.22. The fourth-order valence-electron chi connectivity index (χ4n) is 2.47. The van der Waals surface area contributed by atoms with Crippen LogP contribution in [0.4, 0.5) is 5.69 Å². The first-order valence-electron chi connectivity index (χ1n) is 8.12. The number of methoxy groups -OCH3 is 1. The van der Waals surface area contributed by atoms with Crippen LogP contribution in [-0.2, 0) is 9.53 Å². The highest BCUT2D eigenvalue weighted by atomic mass is 16.5. The minimum atomic E-state index is -0.433. The molecule has 0 aliphatic heterocycles. The van der Waals surface area contributed by atoms with Gasteiger partial charge in [0.05, 0.1) is 19.3 Å². The van der Waals surface area contributed by atoms with Gasteiger partial charge < -0.3 is 19.4 Å². The molecule has 0 saturated carbocycles. The predicted molar refractivity (Wildman–Crippen MR) is 96.0 cm³/mol. The van der Waals surface area contributed by atoms with E-state index < -0.39 is 11.8 Å². The third-order valence-corrected chi connectivity index (χ3v) is 3.98. The average molecular weight is 358 g/mol. The van der Waals surface area contributed by atoms with Crippen LogP contribution in [0.1, 0.15) is 33.4 Å². The van der Waals surface area contributed by atoms with Gasteiger partial charge in [0, 0.05) is 24.8 Å². The number of ether oxygens (including phenoxy) is 1. The van der Waals surface area contributed by atoms with Crippen molar-refractivity contribution in [2.75, 3.05) is 26.0 Å². The number of amides is 2. The number of anilines is 1. The Balaban J connectivity index is 2.13. The maximum atomic E-state index is 12.6. The minimum absolute atomic E-state index is 0.185. The maximum Gasteiger partial charge on any atom is 0.310 e. The lowest BCUT2D eigenvalue weighted by Crippen LogP contribution is -2.34. The Morgan fingerprint density at radius 1 is 1.27 bits per heavy atom. The number of furan rings is 1. The van der Waals surface area contributed by atoms with Gasteiger partial charge in [-0.25, -0.2) is 0 Å². The largest absolute Gasteiger partial charge is 0.469 e. The van der Waals surface area contributed by atoms with Gasteiger partial charge in [0.1, 0.15) is 0 Å². The van der Waals surface area contributed by atoms with Crippen LogP contribution in [0.2, 0.25) is 0 Å². The molecule has 26 heavy (non-hydrogen) atoms. The second kappa shape index (κ2) is 8.33. The summed E-state index contributed by atoms with van der Waals surface area (Å²) in [5, 5.41) is 2.74. The fourth-order valence-corrected chi connectivity index (χ4v) is 2.47. The van der Waals surface area contributed by atoms with Crippen LogP contribution in [-0.4, -0.2) is 43.4 Å². The highest BCUT2D eigenvalue weighted by molar-refractivity contribution is 6.03. The Bertz CT molecular complexity index is 798. The van der Waals surface area contributed by atoms with Crippen molar-refractivity contribution < 1.29 is 23.5 Å². The van der Waals surface area contributed by atoms with Crippen molar-refractivity contribution in [1.82, 2.24) is 4.90 Å². The first kappa shape index (κ1) is 19.2. The zero-order chi connectivity index (χ0) is 19.3. The van der Waals surface area contributed by atoms with Crippen LogP contribution in [0.3, 0.4) is 0 Å². The van der Waals surface area contributed by atoms with E-state index in [1.165, 1.54) is 18.3 Å². The summed E-state index contributed by atoms with van der Waals surface area (Å²) in [6.07, 6.45) is 1.42. The SMILES string of the molecule is COC(=O)C(C)CN(C)C(=O)c1ccc(C)c(NC(=O)c2ccco2)c1. The molecule has 1 N–H and O–H groups in total. The molecular weight excluding hydrogens is 336 g/mol. The number of aryl methyl sites for hydroxylation is 1. The van der Waals surface area contributed by atoms with Crippen LogP contribution in [0.25, 0.3) is 0 Å². The minimum Gasteiger partial charge on any atom is -0.469 e. The molecular formula is C19H22N2O5. The molecule has 2 rings (SSSR count). The summed E-state index contributed by atoms with van der Waals surface area (Å²) in [4.78, 5) is 37.7. The smallest absolute Gasteiger partial charge is 0.310 e. The standard InChI is InChI=1S/C19H22N2O5/c1-12-7-8-14(18(23)21(3)11-13(2)19(24)25-4)10-15(12)20-17(22)16-6-5-9-26-16/h5-10,13H,11H2,1-4H3,(H,20,22). The molecule has 1 heterocycles. The summed E-state index contributed by atoms with van der Waals surface area (Å²) in [6.45, 7) is 3.75. The molecule has 1 aromatic carbocycles. The lowest BCUT2D eigenvalue weighted by atomic mass is 10.1. The lowest BCUT2D eigenvalue weighted by Gasteiger charge is -2.21. The third-order valence-electron chi connectivity index (χ3n) is 3.98. The van der Waals surface area contributed by atoms with E-state index >= 15 is 0 Å². The van der Waals surface area contributed by atoms with Crippen molar-refractivity contribution >= 4 is 23.5 Å². The molecule has 1 aromatic heterocycles. The lowest BCUT2D eigenvalue weighted by molar-refractivity contribution is -0.145. The number of carbonyl (C=O) groups excluding carboxylic acids is 3. The summed E-state index contributed by atoms with van der Waals surface area (Å²) in [5.74, 6) is -1.27. The molecule has 2 aromatic rings. The summed E-state index contributed by atoms with van der Waals surface area (Å²) < 4.78 is 9.75. The second-order valence-corrected chi connectivity index (χ2v) is 6.07. The molecule has 7 nitrogen and oxygen atoms in total. The van der Waals surface area contributed by atoms with Gasteiger partial charge in [-0.1, -0.05) is 13.0 Å². The predicted octanol–water partition coefficient (Wildman–Crippen LogP) is 2.72. The number of nitrogens with zero attached hydrogens (tertiary/aromatic N) is 1. The van der Waals surface area contributed by atoms with Crippen molar-refractivity contribution in [3.05, 3.63) is 53.5 Å². The van der Waals surface area contributed by atoms with E-state index in [-0.39, 0.29) is 24.2 Å². The average Bonchev–Trinajstić information content (AvgIpc) is 3.16. The normalized spacial score (nSPS) is 11.5. The number of esters is 1. The van der Waals surface area contributed by atoms with Crippen molar-refractivity contribution in [2.24, 2.45) is 5.92 Å². The van der Waals surface area contributed by atoms with E-state index in [1.54, 1.807) is 44.3 Å². The zero-order valence-corrected chi connectivity index (χ0v) is 15.2. The van der Waals surface area contributed by atoms with Gasteiger partial charge in [0.2, 0.25) is 0 Å². The van der Waals surface area contributed by atoms with Crippen molar-refractivity contribution in [3.63, 3.8) is 0 Å². The van der Waals surface area contributed by atoms with Gasteiger partial charge in [-0.3, -0.25) is 14.4 Å². The first-order chi connectivity index (χ1) is 12.3. The van der Waals surface area contributed by atoms with Gasteiger partial charge in [-0.2, -0.15) is 0 Å². The molecule has 1 atom stereocenters. The van der Waals surface area contributed by atoms with Gasteiger partial charge >= 0.3 is 5.97 Å². The molecule has 0 saturated heterocycles.